The van der Waals surface area contributed by atoms with Gasteiger partial charge in [-0.15, -0.1) is 0 Å². The molecule has 5 nitrogen and oxygen atoms in total. The molecule has 0 rings (SSSR count). The lowest BCUT2D eigenvalue weighted by Gasteiger charge is -2.17. The zero-order valence-corrected chi connectivity index (χ0v) is 9.90. The van der Waals surface area contributed by atoms with Crippen LogP contribution in [0.4, 0.5) is 0 Å². The minimum Gasteiger partial charge on any atom is -0.481 e. The molecule has 92 valence electrons. The zero-order chi connectivity index (χ0) is 12.8. The molecule has 0 aliphatic carbocycles. The monoisotopic (exact) mass is 229 g/mol. The number of ether oxygens (including phenoxy) is 1. The van der Waals surface area contributed by atoms with E-state index < -0.39 is 23.6 Å². The summed E-state index contributed by atoms with van der Waals surface area (Å²) in [5.74, 6) is -1.40. The minimum absolute atomic E-state index is 0.112. The number of carbonyl (C=O) groups is 2. The second-order valence-electron chi connectivity index (χ2n) is 4.53. The predicted molar refractivity (Wildman–Crippen MR) is 59.8 cm³/mol. The summed E-state index contributed by atoms with van der Waals surface area (Å²) in [5.41, 5.74) is 4.98. The molecule has 0 spiro atoms. The molecule has 0 fully saturated rings. The van der Waals surface area contributed by atoms with Gasteiger partial charge in [0.1, 0.15) is 5.60 Å². The van der Waals surface area contributed by atoms with E-state index in [0.717, 1.165) is 0 Å². The van der Waals surface area contributed by atoms with Crippen LogP contribution in [0.3, 0.4) is 0 Å². The van der Waals surface area contributed by atoms with E-state index in [1.165, 1.54) is 12.2 Å². The van der Waals surface area contributed by atoms with E-state index in [1.807, 2.05) is 0 Å². The summed E-state index contributed by atoms with van der Waals surface area (Å²) < 4.78 is 5.02. The van der Waals surface area contributed by atoms with Gasteiger partial charge in [0.05, 0.1) is 6.42 Å². The van der Waals surface area contributed by atoms with Crippen molar-refractivity contribution in [1.29, 1.82) is 0 Å². The fourth-order valence-electron chi connectivity index (χ4n) is 0.982. The highest BCUT2D eigenvalue weighted by Gasteiger charge is 2.14. The predicted octanol–water partition coefficient (Wildman–Crippen LogP) is 1.08. The topological polar surface area (TPSA) is 89.6 Å². The molecule has 0 unspecified atom stereocenters. The zero-order valence-electron chi connectivity index (χ0n) is 9.90. The number of aliphatic carboxylic acids is 1. The van der Waals surface area contributed by atoms with Gasteiger partial charge in [-0.25, -0.2) is 4.79 Å². The highest BCUT2D eigenvalue weighted by atomic mass is 16.6. The van der Waals surface area contributed by atoms with Crippen molar-refractivity contribution in [2.75, 3.05) is 0 Å². The third-order valence-electron chi connectivity index (χ3n) is 1.54. The van der Waals surface area contributed by atoms with Gasteiger partial charge in [-0.1, -0.05) is 6.08 Å². The Balaban J connectivity index is 3.92. The third-order valence-corrected chi connectivity index (χ3v) is 1.54. The summed E-state index contributed by atoms with van der Waals surface area (Å²) in [4.78, 5) is 21.5. The van der Waals surface area contributed by atoms with Gasteiger partial charge in [0.15, 0.2) is 0 Å². The summed E-state index contributed by atoms with van der Waals surface area (Å²) in [6, 6.07) is -0.476. The quantitative estimate of drug-likeness (QED) is 0.543. The molecule has 0 aliphatic rings. The molecule has 0 bridgehead atoms. The smallest absolute Gasteiger partial charge is 0.330 e. The maximum Gasteiger partial charge on any atom is 0.330 e. The summed E-state index contributed by atoms with van der Waals surface area (Å²) in [5, 5.41) is 8.45. The van der Waals surface area contributed by atoms with Crippen LogP contribution in [0, 0.1) is 0 Å². The molecule has 1 atom stereocenters. The van der Waals surface area contributed by atoms with Crippen molar-refractivity contribution >= 4 is 11.9 Å². The van der Waals surface area contributed by atoms with E-state index >= 15 is 0 Å². The SMILES string of the molecule is CC(C)(C)OC(=O)/C=C/C[C@@H](N)CC(=O)O. The molecule has 0 aliphatic heterocycles. The average Bonchev–Trinajstić information content (AvgIpc) is 1.98. The van der Waals surface area contributed by atoms with Gasteiger partial charge in [0, 0.05) is 12.1 Å². The normalized spacial score (nSPS) is 13.8. The first kappa shape index (κ1) is 14.6. The van der Waals surface area contributed by atoms with Crippen molar-refractivity contribution in [3.05, 3.63) is 12.2 Å². The molecule has 0 saturated carbocycles. The van der Waals surface area contributed by atoms with Gasteiger partial charge in [-0.3, -0.25) is 4.79 Å². The van der Waals surface area contributed by atoms with Crippen LogP contribution in [0.15, 0.2) is 12.2 Å². The maximum absolute atomic E-state index is 11.2. The van der Waals surface area contributed by atoms with E-state index in [4.69, 9.17) is 15.6 Å². The molecule has 5 heteroatoms. The molecule has 0 aromatic heterocycles. The Morgan fingerprint density at radius 1 is 1.44 bits per heavy atom. The lowest BCUT2D eigenvalue weighted by molar-refractivity contribution is -0.148. The van der Waals surface area contributed by atoms with Gasteiger partial charge < -0.3 is 15.6 Å². The van der Waals surface area contributed by atoms with Gasteiger partial charge in [-0.2, -0.15) is 0 Å². The lowest BCUT2D eigenvalue weighted by atomic mass is 10.1. The van der Waals surface area contributed by atoms with Crippen LogP contribution in [-0.2, 0) is 14.3 Å². The Labute approximate surface area is 95.3 Å². The molecule has 16 heavy (non-hydrogen) atoms. The number of carboxylic acid groups (broad SMARTS) is 1. The van der Waals surface area contributed by atoms with Crippen molar-refractivity contribution < 1.29 is 19.4 Å². The Morgan fingerprint density at radius 3 is 2.44 bits per heavy atom. The van der Waals surface area contributed by atoms with Crippen LogP contribution in [0.25, 0.3) is 0 Å². The number of nitrogens with two attached hydrogens (primary N) is 1. The van der Waals surface area contributed by atoms with E-state index in [1.54, 1.807) is 20.8 Å². The molecular weight excluding hydrogens is 210 g/mol. The summed E-state index contributed by atoms with van der Waals surface area (Å²) in [6.07, 6.45) is 3.03. The van der Waals surface area contributed by atoms with Crippen LogP contribution < -0.4 is 5.73 Å². The number of hydrogen-bond donors (Lipinski definition) is 2. The Kier molecular flexibility index (Phi) is 5.74. The first-order chi connectivity index (χ1) is 7.20. The standard InChI is InChI=1S/C11H19NO4/c1-11(2,3)16-10(15)6-4-5-8(12)7-9(13)14/h4,6,8H,5,7,12H2,1-3H3,(H,13,14)/b6-4+/t8-/m1/s1. The minimum atomic E-state index is -0.946. The van der Waals surface area contributed by atoms with E-state index in [0.29, 0.717) is 6.42 Å². The van der Waals surface area contributed by atoms with Gasteiger partial charge in [-0.05, 0) is 27.2 Å². The van der Waals surface area contributed by atoms with Crippen LogP contribution in [0.1, 0.15) is 33.6 Å². The second kappa shape index (κ2) is 6.27. The number of rotatable bonds is 5. The molecule has 0 aromatic carbocycles. The van der Waals surface area contributed by atoms with Crippen molar-refractivity contribution in [2.24, 2.45) is 5.73 Å². The van der Waals surface area contributed by atoms with Gasteiger partial charge in [0.2, 0.25) is 0 Å². The van der Waals surface area contributed by atoms with E-state index in [2.05, 4.69) is 0 Å². The van der Waals surface area contributed by atoms with Crippen LogP contribution >= 0.6 is 0 Å². The fourth-order valence-corrected chi connectivity index (χ4v) is 0.982. The molecule has 0 heterocycles. The average molecular weight is 229 g/mol. The van der Waals surface area contributed by atoms with Crippen LogP contribution in [0.2, 0.25) is 0 Å². The van der Waals surface area contributed by atoms with Gasteiger partial charge in [0.25, 0.3) is 0 Å². The van der Waals surface area contributed by atoms with Crippen molar-refractivity contribution in [2.45, 2.75) is 45.3 Å². The van der Waals surface area contributed by atoms with Crippen molar-refractivity contribution in [1.82, 2.24) is 0 Å². The Hall–Kier alpha value is -1.36. The van der Waals surface area contributed by atoms with Crippen LogP contribution in [0.5, 0.6) is 0 Å². The van der Waals surface area contributed by atoms with Gasteiger partial charge >= 0.3 is 11.9 Å². The maximum atomic E-state index is 11.2. The largest absolute Gasteiger partial charge is 0.481 e. The molecule has 0 radical (unpaired) electrons. The fraction of sp³-hybridized carbons (Fsp3) is 0.636. The van der Waals surface area contributed by atoms with Crippen molar-refractivity contribution in [3.8, 4) is 0 Å². The summed E-state index contributed by atoms with van der Waals surface area (Å²) >= 11 is 0. The molecular formula is C11H19NO4. The summed E-state index contributed by atoms with van der Waals surface area (Å²) in [6.45, 7) is 5.32. The Morgan fingerprint density at radius 2 is 2.00 bits per heavy atom. The van der Waals surface area contributed by atoms with Crippen LogP contribution in [-0.4, -0.2) is 28.7 Å². The molecule has 0 aromatic rings. The Bertz CT molecular complexity index is 278. The first-order valence-electron chi connectivity index (χ1n) is 5.07. The third kappa shape index (κ3) is 9.21. The van der Waals surface area contributed by atoms with E-state index in [9.17, 15) is 9.59 Å². The first-order valence-corrected chi connectivity index (χ1v) is 5.07. The number of hydrogen-bond acceptors (Lipinski definition) is 4. The number of carboxylic acids is 1. The highest BCUT2D eigenvalue weighted by molar-refractivity contribution is 5.82. The lowest BCUT2D eigenvalue weighted by Crippen LogP contribution is -2.24. The second-order valence-corrected chi connectivity index (χ2v) is 4.53. The highest BCUT2D eigenvalue weighted by Crippen LogP contribution is 2.07. The molecule has 0 amide bonds. The van der Waals surface area contributed by atoms with E-state index in [-0.39, 0.29) is 6.42 Å². The summed E-state index contributed by atoms with van der Waals surface area (Å²) in [7, 11) is 0. The number of carbonyl (C=O) groups excluding carboxylic acids is 1. The molecule has 3 N–H and O–H groups in total. The van der Waals surface area contributed by atoms with Crippen molar-refractivity contribution in [3.63, 3.8) is 0 Å². The number of esters is 1. The molecule has 0 saturated heterocycles.